The minimum atomic E-state index is -0.617. The number of hydrogen-bond acceptors (Lipinski definition) is 4. The zero-order valence-corrected chi connectivity index (χ0v) is 12.2. The minimum Gasteiger partial charge on any atom is -0.468 e. The van der Waals surface area contributed by atoms with Crippen molar-refractivity contribution in [2.24, 2.45) is 0 Å². The maximum Gasteiger partial charge on any atom is 0.323 e. The Morgan fingerprint density at radius 2 is 2.19 bits per heavy atom. The van der Waals surface area contributed by atoms with E-state index >= 15 is 0 Å². The highest BCUT2D eigenvalue weighted by Crippen LogP contribution is 2.30. The summed E-state index contributed by atoms with van der Waals surface area (Å²) in [5, 5.41) is 10.2. The molecule has 1 saturated heterocycles. The Kier molecular flexibility index (Phi) is 5.38. The Balaban J connectivity index is 2.18. The molecule has 3 atom stereocenters. The van der Waals surface area contributed by atoms with Crippen LogP contribution in [0.15, 0.2) is 30.3 Å². The molecule has 2 rings (SSSR count). The summed E-state index contributed by atoms with van der Waals surface area (Å²) in [5.74, 6) is 2.25. The number of aliphatic hydroxyl groups excluding tert-OH is 1. The molecular weight excluding hydrogens is 266 g/mol. The minimum absolute atomic E-state index is 0.106. The molecule has 1 heterocycles. The number of esters is 1. The Morgan fingerprint density at radius 1 is 1.48 bits per heavy atom. The average Bonchev–Trinajstić information content (AvgIpc) is 2.91. The standard InChI is InChI=1S/C17H21NO3/c1-3-7-16(19)14-10-11-15(17(20)21-2)18(14)12-13-8-5-4-6-9-13/h1,4-6,8-9,14-16,19H,7,10-12H2,2H3/t14-,15-,16+/m1/s1. The third-order valence-corrected chi connectivity index (χ3v) is 4.01. The van der Waals surface area contributed by atoms with Gasteiger partial charge in [-0.1, -0.05) is 30.3 Å². The number of carbonyl (C=O) groups excluding carboxylic acids is 1. The number of ether oxygens (including phenoxy) is 1. The first-order chi connectivity index (χ1) is 10.2. The second kappa shape index (κ2) is 7.26. The lowest BCUT2D eigenvalue weighted by Gasteiger charge is -2.31. The highest BCUT2D eigenvalue weighted by Gasteiger charge is 2.41. The first-order valence-corrected chi connectivity index (χ1v) is 7.16. The molecule has 0 aromatic heterocycles. The van der Waals surface area contributed by atoms with Gasteiger partial charge in [-0.3, -0.25) is 9.69 Å². The van der Waals surface area contributed by atoms with E-state index in [9.17, 15) is 9.90 Å². The maximum atomic E-state index is 12.0. The Labute approximate surface area is 125 Å². The van der Waals surface area contributed by atoms with Gasteiger partial charge in [0.05, 0.1) is 13.2 Å². The predicted molar refractivity (Wildman–Crippen MR) is 80.3 cm³/mol. The maximum absolute atomic E-state index is 12.0. The van der Waals surface area contributed by atoms with Gasteiger partial charge in [0.2, 0.25) is 0 Å². The van der Waals surface area contributed by atoms with Crippen molar-refractivity contribution in [2.45, 2.75) is 44.0 Å². The largest absolute Gasteiger partial charge is 0.468 e. The lowest BCUT2D eigenvalue weighted by molar-refractivity contribution is -0.147. The molecule has 0 amide bonds. The number of benzene rings is 1. The molecule has 1 aromatic rings. The fraction of sp³-hybridized carbons (Fsp3) is 0.471. The summed E-state index contributed by atoms with van der Waals surface area (Å²) in [6.07, 6.45) is 6.41. The van der Waals surface area contributed by atoms with E-state index in [2.05, 4.69) is 5.92 Å². The van der Waals surface area contributed by atoms with Crippen LogP contribution in [-0.2, 0) is 16.1 Å². The van der Waals surface area contributed by atoms with E-state index < -0.39 is 6.10 Å². The van der Waals surface area contributed by atoms with Gasteiger partial charge in [-0.05, 0) is 18.4 Å². The van der Waals surface area contributed by atoms with Crippen molar-refractivity contribution < 1.29 is 14.6 Å². The quantitative estimate of drug-likeness (QED) is 0.660. The van der Waals surface area contributed by atoms with Gasteiger partial charge < -0.3 is 9.84 Å². The fourth-order valence-electron chi connectivity index (χ4n) is 2.97. The lowest BCUT2D eigenvalue weighted by atomic mass is 10.1. The van der Waals surface area contributed by atoms with Crippen LogP contribution in [0.25, 0.3) is 0 Å². The van der Waals surface area contributed by atoms with E-state index in [0.717, 1.165) is 12.0 Å². The van der Waals surface area contributed by atoms with Crippen LogP contribution in [0.4, 0.5) is 0 Å². The Bertz CT molecular complexity index is 509. The van der Waals surface area contributed by atoms with Crippen molar-refractivity contribution in [2.75, 3.05) is 7.11 Å². The summed E-state index contributed by atoms with van der Waals surface area (Å²) in [6.45, 7) is 0.604. The number of carbonyl (C=O) groups is 1. The third-order valence-electron chi connectivity index (χ3n) is 4.01. The molecule has 0 saturated carbocycles. The van der Waals surface area contributed by atoms with Gasteiger partial charge in [-0.25, -0.2) is 0 Å². The topological polar surface area (TPSA) is 49.8 Å². The van der Waals surface area contributed by atoms with Crippen LogP contribution in [-0.4, -0.2) is 41.3 Å². The molecule has 1 N–H and O–H groups in total. The van der Waals surface area contributed by atoms with Crippen molar-refractivity contribution in [3.8, 4) is 12.3 Å². The zero-order chi connectivity index (χ0) is 15.2. The van der Waals surface area contributed by atoms with Crippen molar-refractivity contribution in [1.29, 1.82) is 0 Å². The molecular formula is C17H21NO3. The lowest BCUT2D eigenvalue weighted by Crippen LogP contribution is -2.45. The average molecular weight is 287 g/mol. The summed E-state index contributed by atoms with van der Waals surface area (Å²) in [4.78, 5) is 14.0. The van der Waals surface area contributed by atoms with Crippen LogP contribution >= 0.6 is 0 Å². The summed E-state index contributed by atoms with van der Waals surface area (Å²) >= 11 is 0. The van der Waals surface area contributed by atoms with E-state index in [1.54, 1.807) is 0 Å². The van der Waals surface area contributed by atoms with Crippen molar-refractivity contribution in [3.63, 3.8) is 0 Å². The van der Waals surface area contributed by atoms with Gasteiger partial charge >= 0.3 is 5.97 Å². The van der Waals surface area contributed by atoms with Crippen LogP contribution in [0.1, 0.15) is 24.8 Å². The van der Waals surface area contributed by atoms with E-state index in [-0.39, 0.29) is 18.1 Å². The molecule has 4 nitrogen and oxygen atoms in total. The fourth-order valence-corrected chi connectivity index (χ4v) is 2.97. The third kappa shape index (κ3) is 3.63. The number of hydrogen-bond donors (Lipinski definition) is 1. The van der Waals surface area contributed by atoms with Gasteiger partial charge in [-0.2, -0.15) is 0 Å². The van der Waals surface area contributed by atoms with E-state index in [0.29, 0.717) is 19.4 Å². The van der Waals surface area contributed by atoms with Crippen molar-refractivity contribution >= 4 is 5.97 Å². The number of rotatable bonds is 5. The normalized spacial score (nSPS) is 23.5. The Morgan fingerprint density at radius 3 is 2.81 bits per heavy atom. The number of methoxy groups -OCH3 is 1. The van der Waals surface area contributed by atoms with Gasteiger partial charge in [0, 0.05) is 19.0 Å². The summed E-state index contributed by atoms with van der Waals surface area (Å²) in [5.41, 5.74) is 1.10. The highest BCUT2D eigenvalue weighted by atomic mass is 16.5. The van der Waals surface area contributed by atoms with E-state index in [1.807, 2.05) is 35.2 Å². The molecule has 1 aliphatic heterocycles. The molecule has 0 aliphatic carbocycles. The van der Waals surface area contributed by atoms with Crippen LogP contribution in [0.5, 0.6) is 0 Å². The van der Waals surface area contributed by atoms with Crippen LogP contribution < -0.4 is 0 Å². The smallest absolute Gasteiger partial charge is 0.323 e. The number of terminal acetylenes is 1. The monoisotopic (exact) mass is 287 g/mol. The number of likely N-dealkylation sites (tertiary alicyclic amines) is 1. The molecule has 1 fully saturated rings. The van der Waals surface area contributed by atoms with Gasteiger partial charge in [0.15, 0.2) is 0 Å². The zero-order valence-electron chi connectivity index (χ0n) is 12.2. The Hall–Kier alpha value is -1.83. The van der Waals surface area contributed by atoms with Crippen LogP contribution in [0.2, 0.25) is 0 Å². The second-order valence-electron chi connectivity index (χ2n) is 5.32. The molecule has 0 radical (unpaired) electrons. The number of aliphatic hydroxyl groups is 1. The molecule has 4 heteroatoms. The molecule has 0 bridgehead atoms. The predicted octanol–water partition coefficient (Wildman–Crippen LogP) is 1.58. The molecule has 21 heavy (non-hydrogen) atoms. The summed E-state index contributed by atoms with van der Waals surface area (Å²) in [6, 6.07) is 9.49. The first kappa shape index (κ1) is 15.6. The second-order valence-corrected chi connectivity index (χ2v) is 5.32. The van der Waals surface area contributed by atoms with Crippen molar-refractivity contribution in [1.82, 2.24) is 4.90 Å². The molecule has 112 valence electrons. The van der Waals surface area contributed by atoms with E-state index in [4.69, 9.17) is 11.2 Å². The number of nitrogens with zero attached hydrogens (tertiary/aromatic N) is 1. The molecule has 1 aliphatic rings. The van der Waals surface area contributed by atoms with Crippen LogP contribution in [0, 0.1) is 12.3 Å². The molecule has 1 aromatic carbocycles. The first-order valence-electron chi connectivity index (χ1n) is 7.16. The molecule has 0 unspecified atom stereocenters. The van der Waals surface area contributed by atoms with Crippen molar-refractivity contribution in [3.05, 3.63) is 35.9 Å². The van der Waals surface area contributed by atoms with Gasteiger partial charge in [-0.15, -0.1) is 12.3 Å². The summed E-state index contributed by atoms with van der Waals surface area (Å²) < 4.78 is 4.89. The van der Waals surface area contributed by atoms with Crippen LogP contribution in [0.3, 0.4) is 0 Å². The molecule has 0 spiro atoms. The van der Waals surface area contributed by atoms with Gasteiger partial charge in [0.25, 0.3) is 0 Å². The van der Waals surface area contributed by atoms with E-state index in [1.165, 1.54) is 7.11 Å². The summed E-state index contributed by atoms with van der Waals surface area (Å²) in [7, 11) is 1.40. The van der Waals surface area contributed by atoms with Gasteiger partial charge in [0.1, 0.15) is 6.04 Å². The SMILES string of the molecule is C#CC[C@H](O)[C@H]1CC[C@H](C(=O)OC)N1Cc1ccccc1. The highest BCUT2D eigenvalue weighted by molar-refractivity contribution is 5.76.